The van der Waals surface area contributed by atoms with Crippen molar-refractivity contribution >= 4 is 34.0 Å². The van der Waals surface area contributed by atoms with Crippen LogP contribution in [0.3, 0.4) is 0 Å². The molecule has 0 fully saturated rings. The number of hydrogen-bond donors (Lipinski definition) is 1. The van der Waals surface area contributed by atoms with Gasteiger partial charge in [-0.1, -0.05) is 36.4 Å². The van der Waals surface area contributed by atoms with E-state index in [1.165, 1.54) is 0 Å². The van der Waals surface area contributed by atoms with Crippen LogP contribution in [0.4, 0.5) is 5.69 Å². The average molecular weight is 441 g/mol. The average Bonchev–Trinajstić information content (AvgIpc) is 3.50. The molecule has 5 aromatic rings. The van der Waals surface area contributed by atoms with Crippen molar-refractivity contribution in [1.29, 1.82) is 0 Å². The number of carbonyl (C=O) groups is 1. The number of thiophene rings is 1. The minimum atomic E-state index is -0.255. The van der Waals surface area contributed by atoms with E-state index in [0.29, 0.717) is 28.1 Å². The first-order chi connectivity index (χ1) is 15.6. The van der Waals surface area contributed by atoms with E-state index in [2.05, 4.69) is 20.4 Å². The Morgan fingerprint density at radius 2 is 1.81 bits per heavy atom. The van der Waals surface area contributed by atoms with E-state index in [0.717, 1.165) is 16.1 Å². The van der Waals surface area contributed by atoms with Crippen molar-refractivity contribution in [3.05, 3.63) is 78.1 Å². The lowest BCUT2D eigenvalue weighted by Crippen LogP contribution is -2.14. The smallest absolute Gasteiger partial charge is 0.256 e. The molecule has 32 heavy (non-hydrogen) atoms. The van der Waals surface area contributed by atoms with Gasteiger partial charge >= 0.3 is 0 Å². The molecule has 8 heteroatoms. The van der Waals surface area contributed by atoms with Crippen molar-refractivity contribution < 1.29 is 4.79 Å². The van der Waals surface area contributed by atoms with Crippen LogP contribution >= 0.6 is 11.3 Å². The Kier molecular flexibility index (Phi) is 5.20. The molecular weight excluding hydrogens is 420 g/mol. The van der Waals surface area contributed by atoms with E-state index in [9.17, 15) is 4.79 Å². The summed E-state index contributed by atoms with van der Waals surface area (Å²) in [4.78, 5) is 27.8. The number of hydrogen-bond acceptors (Lipinski definition) is 6. The summed E-state index contributed by atoms with van der Waals surface area (Å²) in [7, 11) is 0. The molecule has 0 atom stereocenters. The number of aromatic nitrogens is 5. The van der Waals surface area contributed by atoms with Gasteiger partial charge in [-0.25, -0.2) is 19.6 Å². The van der Waals surface area contributed by atoms with E-state index < -0.39 is 0 Å². The maximum absolute atomic E-state index is 13.3. The van der Waals surface area contributed by atoms with E-state index >= 15 is 0 Å². The molecule has 5 rings (SSSR count). The zero-order valence-corrected chi connectivity index (χ0v) is 18.4. The number of benzene rings is 1. The molecule has 1 N–H and O–H groups in total. The molecule has 0 aliphatic heterocycles. The second-order valence-corrected chi connectivity index (χ2v) is 8.52. The molecule has 0 spiro atoms. The summed E-state index contributed by atoms with van der Waals surface area (Å²) < 4.78 is 1.83. The molecule has 4 aromatic heterocycles. The number of rotatable bonds is 5. The zero-order valence-electron chi connectivity index (χ0n) is 17.6. The van der Waals surface area contributed by atoms with Gasteiger partial charge < -0.3 is 5.32 Å². The Morgan fingerprint density at radius 3 is 2.50 bits per heavy atom. The number of nitrogens with zero attached hydrogens (tertiary/aromatic N) is 5. The Hall–Kier alpha value is -3.91. The lowest BCUT2D eigenvalue weighted by atomic mass is 10.1. The predicted octanol–water partition coefficient (Wildman–Crippen LogP) is 5.45. The molecule has 158 valence electrons. The van der Waals surface area contributed by atoms with E-state index in [4.69, 9.17) is 4.98 Å². The normalized spacial score (nSPS) is 11.2. The fourth-order valence-corrected chi connectivity index (χ4v) is 4.15. The highest BCUT2D eigenvalue weighted by atomic mass is 32.1. The lowest BCUT2D eigenvalue weighted by molar-refractivity contribution is 0.102. The first-order valence-corrected chi connectivity index (χ1v) is 11.1. The summed E-state index contributed by atoms with van der Waals surface area (Å²) in [5.41, 5.74) is 3.39. The van der Waals surface area contributed by atoms with Crippen molar-refractivity contribution in [1.82, 2.24) is 24.7 Å². The van der Waals surface area contributed by atoms with Gasteiger partial charge in [0.05, 0.1) is 45.8 Å². The van der Waals surface area contributed by atoms with Crippen LogP contribution in [-0.4, -0.2) is 30.6 Å². The van der Waals surface area contributed by atoms with Crippen LogP contribution in [0.2, 0.25) is 0 Å². The van der Waals surface area contributed by atoms with Crippen LogP contribution in [0.25, 0.3) is 33.0 Å². The summed E-state index contributed by atoms with van der Waals surface area (Å²) in [5.74, 6) is 0.350. The first kappa shape index (κ1) is 20.0. The second-order valence-electron chi connectivity index (χ2n) is 7.57. The van der Waals surface area contributed by atoms with Crippen LogP contribution in [0, 0.1) is 0 Å². The molecule has 4 heterocycles. The monoisotopic (exact) mass is 440 g/mol. The molecule has 1 aromatic carbocycles. The van der Waals surface area contributed by atoms with Crippen LogP contribution in [-0.2, 0) is 0 Å². The molecule has 1 amide bonds. The van der Waals surface area contributed by atoms with Gasteiger partial charge in [0.1, 0.15) is 0 Å². The third-order valence-corrected chi connectivity index (χ3v) is 5.91. The third-order valence-electron chi connectivity index (χ3n) is 5.02. The van der Waals surface area contributed by atoms with Crippen molar-refractivity contribution in [2.75, 3.05) is 5.32 Å². The standard InChI is InChI=1S/C24H20N6OS/c1-15(2)30-23-19(14-27-30)18(11-20(29-23)21-9-6-10-32-21)24(31)28-17-12-25-22(26-13-17)16-7-4-3-5-8-16/h3-15H,1-2H3,(H,28,31). The van der Waals surface area contributed by atoms with Crippen LogP contribution < -0.4 is 5.32 Å². The van der Waals surface area contributed by atoms with E-state index in [1.54, 1.807) is 29.9 Å². The highest BCUT2D eigenvalue weighted by Crippen LogP contribution is 2.29. The number of carbonyl (C=O) groups excluding carboxylic acids is 1. The fourth-order valence-electron chi connectivity index (χ4n) is 3.46. The second kappa shape index (κ2) is 8.32. The topological polar surface area (TPSA) is 85.6 Å². The van der Waals surface area contributed by atoms with E-state index in [1.807, 2.05) is 72.4 Å². The van der Waals surface area contributed by atoms with Gasteiger partial charge in [-0.3, -0.25) is 4.79 Å². The van der Waals surface area contributed by atoms with Gasteiger partial charge in [0.2, 0.25) is 0 Å². The molecular formula is C24H20N6OS. The predicted molar refractivity (Wildman–Crippen MR) is 127 cm³/mol. The van der Waals surface area contributed by atoms with Crippen LogP contribution in [0.15, 0.2) is 72.5 Å². The molecule has 0 aliphatic rings. The summed E-state index contributed by atoms with van der Waals surface area (Å²) in [6, 6.07) is 15.6. The van der Waals surface area contributed by atoms with E-state index in [-0.39, 0.29) is 11.9 Å². The summed E-state index contributed by atoms with van der Waals surface area (Å²) in [6.45, 7) is 4.08. The maximum Gasteiger partial charge on any atom is 0.256 e. The Bertz CT molecular complexity index is 1380. The van der Waals surface area contributed by atoms with Crippen molar-refractivity contribution in [3.8, 4) is 22.0 Å². The molecule has 0 radical (unpaired) electrons. The first-order valence-electron chi connectivity index (χ1n) is 10.2. The Balaban J connectivity index is 1.50. The molecule has 7 nitrogen and oxygen atoms in total. The quantitative estimate of drug-likeness (QED) is 0.393. The van der Waals surface area contributed by atoms with Crippen molar-refractivity contribution in [2.45, 2.75) is 19.9 Å². The number of amides is 1. The van der Waals surface area contributed by atoms with Gasteiger partial charge in [-0.15, -0.1) is 11.3 Å². The molecule has 0 saturated heterocycles. The number of nitrogens with one attached hydrogen (secondary N) is 1. The Morgan fingerprint density at radius 1 is 1.03 bits per heavy atom. The number of pyridine rings is 1. The largest absolute Gasteiger partial charge is 0.319 e. The summed E-state index contributed by atoms with van der Waals surface area (Å²) >= 11 is 1.58. The highest BCUT2D eigenvalue weighted by Gasteiger charge is 2.19. The molecule has 0 saturated carbocycles. The molecule has 0 aliphatic carbocycles. The summed E-state index contributed by atoms with van der Waals surface area (Å²) in [6.07, 6.45) is 4.93. The Labute approximate surface area is 188 Å². The minimum absolute atomic E-state index is 0.119. The number of anilines is 1. The number of fused-ring (bicyclic) bond motifs is 1. The van der Waals surface area contributed by atoms with Gasteiger partial charge in [-0.2, -0.15) is 5.10 Å². The highest BCUT2D eigenvalue weighted by molar-refractivity contribution is 7.13. The van der Waals surface area contributed by atoms with Gasteiger partial charge in [0.15, 0.2) is 11.5 Å². The van der Waals surface area contributed by atoms with Gasteiger partial charge in [0, 0.05) is 11.6 Å². The van der Waals surface area contributed by atoms with Gasteiger partial charge in [-0.05, 0) is 31.4 Å². The van der Waals surface area contributed by atoms with Crippen LogP contribution in [0.1, 0.15) is 30.2 Å². The van der Waals surface area contributed by atoms with Crippen molar-refractivity contribution in [2.24, 2.45) is 0 Å². The zero-order chi connectivity index (χ0) is 22.1. The fraction of sp³-hybridized carbons (Fsp3) is 0.125. The molecule has 0 bridgehead atoms. The maximum atomic E-state index is 13.3. The SMILES string of the molecule is CC(C)n1ncc2c(C(=O)Nc3cnc(-c4ccccc4)nc3)cc(-c3cccs3)nc21. The minimum Gasteiger partial charge on any atom is -0.319 e. The van der Waals surface area contributed by atoms with Crippen molar-refractivity contribution in [3.63, 3.8) is 0 Å². The lowest BCUT2D eigenvalue weighted by Gasteiger charge is -2.10. The molecule has 0 unspecified atom stereocenters. The third kappa shape index (κ3) is 3.76. The van der Waals surface area contributed by atoms with Gasteiger partial charge in [0.25, 0.3) is 5.91 Å². The van der Waals surface area contributed by atoms with Crippen LogP contribution in [0.5, 0.6) is 0 Å². The summed E-state index contributed by atoms with van der Waals surface area (Å²) in [5, 5.41) is 10.1.